The molecule has 0 atom stereocenters. The van der Waals surface area contributed by atoms with Crippen molar-refractivity contribution in [3.05, 3.63) is 29.8 Å². The monoisotopic (exact) mass is 286 g/mol. The summed E-state index contributed by atoms with van der Waals surface area (Å²) in [6, 6.07) is 7.23. The molecule has 0 N–H and O–H groups in total. The Balaban J connectivity index is 2.52. The second kappa shape index (κ2) is 5.10. The second-order valence-corrected chi connectivity index (χ2v) is 5.64. The van der Waals surface area contributed by atoms with Crippen LogP contribution in [0.25, 0.3) is 0 Å². The fourth-order valence-electron chi connectivity index (χ4n) is 0.887. The number of hydrogen-bond donors (Lipinski definition) is 0. The predicted molar refractivity (Wildman–Crippen MR) is 53.7 cm³/mol. The van der Waals surface area contributed by atoms with Gasteiger partial charge in [-0.05, 0) is 0 Å². The van der Waals surface area contributed by atoms with Crippen molar-refractivity contribution in [2.24, 2.45) is 0 Å². The van der Waals surface area contributed by atoms with Crippen molar-refractivity contribution in [1.29, 1.82) is 0 Å². The third-order valence-electron chi connectivity index (χ3n) is 1.56. The van der Waals surface area contributed by atoms with Gasteiger partial charge in [0.2, 0.25) is 0 Å². The van der Waals surface area contributed by atoms with Crippen LogP contribution in [-0.2, 0) is 5.32 Å². The molecule has 0 aromatic heterocycles. The first kappa shape index (κ1) is 12.0. The normalized spacial score (nSPS) is 11.7. The second-order valence-electron chi connectivity index (χ2n) is 2.58. The van der Waals surface area contributed by atoms with Gasteiger partial charge in [0.05, 0.1) is 0 Å². The van der Waals surface area contributed by atoms with Crippen LogP contribution < -0.4 is 0 Å². The fraction of sp³-hybridized carbons (Fsp3) is 0.333. The molecule has 0 bridgehead atoms. The summed E-state index contributed by atoms with van der Waals surface area (Å²) in [5, 5.41) is -3.86. The van der Waals surface area contributed by atoms with E-state index in [0.29, 0.717) is 0 Å². The first-order chi connectivity index (χ1) is 6.51. The van der Waals surface area contributed by atoms with E-state index in [1.54, 1.807) is 23.9 Å². The van der Waals surface area contributed by atoms with E-state index >= 15 is 0 Å². The van der Waals surface area contributed by atoms with Crippen LogP contribution in [0.4, 0.5) is 13.2 Å². The minimum atomic E-state index is -3.99. The molecule has 0 unspecified atom stereocenters. The Morgan fingerprint density at radius 3 is 2.21 bits per heavy atom. The standard InChI is InChI=1S/C9H9F3SSe/c1-13-8-4-2-7(3-5-8)6-14-9(10,11)12/h2-5H,6H2,1H3. The van der Waals surface area contributed by atoms with E-state index in [-0.39, 0.29) is 5.32 Å². The van der Waals surface area contributed by atoms with Crippen molar-refractivity contribution in [2.45, 2.75) is 15.3 Å². The minimum absolute atomic E-state index is 0.130. The van der Waals surface area contributed by atoms with E-state index in [0.717, 1.165) is 10.5 Å². The van der Waals surface area contributed by atoms with Gasteiger partial charge in [-0.25, -0.2) is 0 Å². The summed E-state index contributed by atoms with van der Waals surface area (Å²) in [4.78, 5) is 1.08. The average molecular weight is 285 g/mol. The number of rotatable bonds is 3. The van der Waals surface area contributed by atoms with Crippen LogP contribution in [0.3, 0.4) is 0 Å². The molecule has 0 nitrogen and oxygen atoms in total. The van der Waals surface area contributed by atoms with E-state index in [2.05, 4.69) is 0 Å². The van der Waals surface area contributed by atoms with Crippen LogP contribution in [0.15, 0.2) is 29.2 Å². The van der Waals surface area contributed by atoms with E-state index in [9.17, 15) is 13.2 Å². The van der Waals surface area contributed by atoms with Crippen LogP contribution in [0, 0.1) is 0 Å². The van der Waals surface area contributed by atoms with Gasteiger partial charge in [0, 0.05) is 0 Å². The molecule has 0 aliphatic rings. The number of hydrogen-bond acceptors (Lipinski definition) is 1. The zero-order valence-electron chi connectivity index (χ0n) is 7.47. The van der Waals surface area contributed by atoms with Crippen molar-refractivity contribution in [3.8, 4) is 0 Å². The van der Waals surface area contributed by atoms with Gasteiger partial charge in [0.15, 0.2) is 0 Å². The summed E-state index contributed by atoms with van der Waals surface area (Å²) < 4.78 is 35.7. The van der Waals surface area contributed by atoms with Gasteiger partial charge in [-0.2, -0.15) is 0 Å². The Morgan fingerprint density at radius 1 is 1.21 bits per heavy atom. The van der Waals surface area contributed by atoms with Gasteiger partial charge < -0.3 is 0 Å². The maximum absolute atomic E-state index is 11.9. The number of halogens is 3. The summed E-state index contributed by atoms with van der Waals surface area (Å²) in [5.41, 5.74) is 0.764. The van der Waals surface area contributed by atoms with Crippen LogP contribution in [0.1, 0.15) is 5.56 Å². The Kier molecular flexibility index (Phi) is 4.35. The number of alkyl halides is 3. The molecule has 1 rings (SSSR count). The molecule has 0 aliphatic carbocycles. The van der Waals surface area contributed by atoms with E-state index in [1.165, 1.54) is 0 Å². The summed E-state index contributed by atoms with van der Waals surface area (Å²) in [6.45, 7) is 0. The number of benzene rings is 1. The Morgan fingerprint density at radius 2 is 1.79 bits per heavy atom. The van der Waals surface area contributed by atoms with E-state index < -0.39 is 20.0 Å². The molecule has 1 aromatic rings. The summed E-state index contributed by atoms with van der Waals surface area (Å²) in [7, 11) is 0. The van der Waals surface area contributed by atoms with Gasteiger partial charge in [0.25, 0.3) is 0 Å². The summed E-state index contributed by atoms with van der Waals surface area (Å²) in [5.74, 6) is 0. The molecular weight excluding hydrogens is 276 g/mol. The SMILES string of the molecule is CSc1ccc(C[Se]C(F)(F)F)cc1. The van der Waals surface area contributed by atoms with Gasteiger partial charge >= 0.3 is 91.3 Å². The van der Waals surface area contributed by atoms with Crippen LogP contribution >= 0.6 is 11.8 Å². The summed E-state index contributed by atoms with van der Waals surface area (Å²) in [6.07, 6.45) is 1.94. The van der Waals surface area contributed by atoms with Crippen LogP contribution in [0.5, 0.6) is 0 Å². The van der Waals surface area contributed by atoms with Crippen molar-refractivity contribution in [1.82, 2.24) is 0 Å². The zero-order valence-corrected chi connectivity index (χ0v) is 10.00. The molecule has 5 heteroatoms. The zero-order chi connectivity index (χ0) is 10.6. The fourth-order valence-corrected chi connectivity index (χ4v) is 2.39. The molecule has 0 aliphatic heterocycles. The third-order valence-corrected chi connectivity index (χ3v) is 3.99. The molecule has 14 heavy (non-hydrogen) atoms. The third kappa shape index (κ3) is 4.40. The Bertz CT molecular complexity index is 281. The molecule has 0 fully saturated rings. The van der Waals surface area contributed by atoms with E-state index in [1.807, 2.05) is 18.4 Å². The van der Waals surface area contributed by atoms with Crippen molar-refractivity contribution in [3.63, 3.8) is 0 Å². The van der Waals surface area contributed by atoms with Crippen molar-refractivity contribution < 1.29 is 13.2 Å². The molecule has 0 heterocycles. The van der Waals surface area contributed by atoms with Crippen molar-refractivity contribution >= 4 is 26.7 Å². The molecule has 78 valence electrons. The topological polar surface area (TPSA) is 0 Å². The van der Waals surface area contributed by atoms with Crippen LogP contribution in [0.2, 0.25) is 0 Å². The van der Waals surface area contributed by atoms with Gasteiger partial charge in [-0.3, -0.25) is 0 Å². The molecule has 1 aromatic carbocycles. The quantitative estimate of drug-likeness (QED) is 0.607. The molecule has 0 radical (unpaired) electrons. The van der Waals surface area contributed by atoms with Gasteiger partial charge in [0.1, 0.15) is 0 Å². The summed E-state index contributed by atoms with van der Waals surface area (Å²) >= 11 is 0.286. The van der Waals surface area contributed by atoms with E-state index in [4.69, 9.17) is 0 Å². The Hall–Kier alpha value is -0.121. The molecular formula is C9H9F3SSe. The first-order valence-corrected chi connectivity index (χ1v) is 7.14. The molecule has 0 saturated heterocycles. The van der Waals surface area contributed by atoms with Gasteiger partial charge in [-0.1, -0.05) is 0 Å². The maximum atomic E-state index is 11.9. The van der Waals surface area contributed by atoms with Crippen molar-refractivity contribution in [2.75, 3.05) is 6.26 Å². The number of thioether (sulfide) groups is 1. The molecule has 0 saturated carbocycles. The predicted octanol–water partition coefficient (Wildman–Crippen LogP) is 3.13. The molecule has 0 amide bonds. The first-order valence-electron chi connectivity index (χ1n) is 3.85. The van der Waals surface area contributed by atoms with Crippen LogP contribution in [-0.4, -0.2) is 26.3 Å². The Labute approximate surface area is 91.4 Å². The molecule has 0 spiro atoms. The van der Waals surface area contributed by atoms with Gasteiger partial charge in [-0.15, -0.1) is 0 Å². The average Bonchev–Trinajstić information content (AvgIpc) is 2.14.